The lowest BCUT2D eigenvalue weighted by atomic mass is 9.92. The highest BCUT2D eigenvalue weighted by atomic mass is 16.5. The van der Waals surface area contributed by atoms with Gasteiger partial charge in [-0.3, -0.25) is 9.59 Å². The van der Waals surface area contributed by atoms with Crippen molar-refractivity contribution in [2.75, 3.05) is 41.0 Å². The van der Waals surface area contributed by atoms with Gasteiger partial charge >= 0.3 is 12.2 Å². The van der Waals surface area contributed by atoms with Gasteiger partial charge in [-0.1, -0.05) is 59.2 Å². The minimum atomic E-state index is -0.762. The predicted molar refractivity (Wildman–Crippen MR) is 237 cm³/mol. The summed E-state index contributed by atoms with van der Waals surface area (Å²) in [5, 5.41) is 7.43. The van der Waals surface area contributed by atoms with E-state index in [0.29, 0.717) is 44.4 Å². The van der Waals surface area contributed by atoms with Gasteiger partial charge in [0.1, 0.15) is 36.1 Å². The fourth-order valence-corrected chi connectivity index (χ4v) is 9.54. The molecule has 5 aromatic rings. The number of methoxy groups -OCH3 is 3. The summed E-state index contributed by atoms with van der Waals surface area (Å²) in [6.45, 7) is 11.8. The normalized spacial score (nSPS) is 20.8. The van der Waals surface area contributed by atoms with Crippen LogP contribution >= 0.6 is 0 Å². The Morgan fingerprint density at radius 1 is 0.857 bits per heavy atom. The molecule has 16 heteroatoms. The van der Waals surface area contributed by atoms with E-state index in [-0.39, 0.29) is 47.6 Å². The highest BCUT2D eigenvalue weighted by molar-refractivity contribution is 6.07. The summed E-state index contributed by atoms with van der Waals surface area (Å²) < 4.78 is 21.6. The smallest absolute Gasteiger partial charge is 0.407 e. The highest BCUT2D eigenvalue weighted by Gasteiger charge is 2.43. The maximum Gasteiger partial charge on any atom is 0.407 e. The Bertz CT molecular complexity index is 2530. The van der Waals surface area contributed by atoms with Crippen LogP contribution in [0.1, 0.15) is 83.2 Å². The molecule has 2 aromatic heterocycles. The van der Waals surface area contributed by atoms with Crippen molar-refractivity contribution >= 4 is 45.8 Å². The van der Waals surface area contributed by atoms with Crippen LogP contribution in [0.5, 0.6) is 5.75 Å². The number of rotatable bonds is 12. The van der Waals surface area contributed by atoms with Gasteiger partial charge in [0.2, 0.25) is 11.8 Å². The van der Waals surface area contributed by atoms with Gasteiger partial charge in [-0.05, 0) is 76.9 Å². The molecule has 3 aliphatic heterocycles. The Morgan fingerprint density at radius 3 is 2.29 bits per heavy atom. The van der Waals surface area contributed by atoms with Crippen LogP contribution in [-0.4, -0.2) is 107 Å². The monoisotopic (exact) mass is 862 g/mol. The number of hydrogen-bond acceptors (Lipinski definition) is 10. The molecule has 4 N–H and O–H groups in total. The first kappa shape index (κ1) is 43.5. The third-order valence-corrected chi connectivity index (χ3v) is 13.1. The lowest BCUT2D eigenvalue weighted by Gasteiger charge is -2.30. The van der Waals surface area contributed by atoms with Crippen LogP contribution in [0.4, 0.5) is 9.59 Å². The van der Waals surface area contributed by atoms with Gasteiger partial charge in [0, 0.05) is 37.1 Å². The minimum absolute atomic E-state index is 0.0791. The maximum atomic E-state index is 14.1. The number of carbonyl (C=O) groups is 4. The first-order valence-electron chi connectivity index (χ1n) is 21.9. The first-order valence-corrected chi connectivity index (χ1v) is 21.9. The zero-order chi connectivity index (χ0) is 44.7. The lowest BCUT2D eigenvalue weighted by Crippen LogP contribution is -2.51. The number of fused-ring (bicyclic) bond motifs is 6. The van der Waals surface area contributed by atoms with Crippen LogP contribution in [0.25, 0.3) is 44.2 Å². The molecule has 7 atom stereocenters. The summed E-state index contributed by atoms with van der Waals surface area (Å²) in [5.41, 5.74) is 6.51. The second-order valence-electron chi connectivity index (χ2n) is 17.8. The fraction of sp³-hybridized carbons (Fsp3) is 0.489. The van der Waals surface area contributed by atoms with Gasteiger partial charge in [0.25, 0.3) is 0 Å². The molecule has 3 aromatic carbocycles. The van der Waals surface area contributed by atoms with Crippen LogP contribution in [0.3, 0.4) is 0 Å². The Hall–Kier alpha value is -6.16. The molecule has 5 heterocycles. The molecule has 2 fully saturated rings. The standard InChI is InChI=1S/C47H58N8O8/c1-9-26(5)40(53-47(59)62-8)45(57)54-20-25(4)14-36(54)42-48-19-35(50-42)29-10-12-31-30(16-29)23-63-38-18-32-28(17-33(31)38)11-13-34-41(32)51-43(49-34)37-15-27(22-60-6)21-55(37)44(56)39(24(2)3)52-46(58)61-7/h10-13,16-19,24-27,36-37,39-40H,9,14-15,20-23H2,1-8H3,(H,48,50)(H,49,51)(H,52,58)(H,53,59)/t25-,26?,27?,36-,37-,39-,40?/m0/s1. The van der Waals surface area contributed by atoms with E-state index < -0.39 is 24.3 Å². The van der Waals surface area contributed by atoms with Crippen LogP contribution in [0.15, 0.2) is 48.7 Å². The molecule has 2 saturated heterocycles. The van der Waals surface area contributed by atoms with Crippen molar-refractivity contribution in [1.82, 2.24) is 40.4 Å². The van der Waals surface area contributed by atoms with Crippen molar-refractivity contribution in [2.45, 2.75) is 84.7 Å². The number of carbonyl (C=O) groups excluding carboxylic acids is 4. The largest absolute Gasteiger partial charge is 0.488 e. The highest BCUT2D eigenvalue weighted by Crippen LogP contribution is 2.44. The van der Waals surface area contributed by atoms with Crippen molar-refractivity contribution in [2.24, 2.45) is 23.7 Å². The molecule has 0 aliphatic carbocycles. The van der Waals surface area contributed by atoms with Gasteiger partial charge in [0.15, 0.2) is 0 Å². The number of aromatic nitrogens is 4. The van der Waals surface area contributed by atoms with Crippen molar-refractivity contribution in [1.29, 1.82) is 0 Å². The SMILES string of the molecule is CCC(C)C(NC(=O)OC)C(=O)N1C[C@@H](C)C[C@H]1c1ncc(-c2ccc3c(c2)COc2cc4c(ccc5[nH]c([C@@H]6CC(COC)CN6C(=O)[C@@H](NC(=O)OC)C(C)C)nc54)cc2-3)[nH]1. The van der Waals surface area contributed by atoms with Gasteiger partial charge in [-0.25, -0.2) is 19.6 Å². The molecule has 0 bridgehead atoms. The zero-order valence-electron chi connectivity index (χ0n) is 37.2. The molecule has 334 valence electrons. The Labute approximate surface area is 366 Å². The molecule has 0 spiro atoms. The number of likely N-dealkylation sites (tertiary alicyclic amines) is 2. The first-order chi connectivity index (χ1) is 30.3. The fourth-order valence-electron chi connectivity index (χ4n) is 9.54. The van der Waals surface area contributed by atoms with E-state index in [1.807, 2.05) is 49.8 Å². The van der Waals surface area contributed by atoms with Crippen LogP contribution < -0.4 is 15.4 Å². The molecule has 4 amide bonds. The molecule has 8 rings (SSSR count). The van der Waals surface area contributed by atoms with Gasteiger partial charge < -0.3 is 49.3 Å². The summed E-state index contributed by atoms with van der Waals surface area (Å²) in [6.07, 6.45) is 2.67. The molecule has 3 aliphatic rings. The minimum Gasteiger partial charge on any atom is -0.488 e. The number of nitrogens with zero attached hydrogens (tertiary/aromatic N) is 4. The molecular formula is C47H58N8O8. The second kappa shape index (κ2) is 17.9. The van der Waals surface area contributed by atoms with E-state index in [1.54, 1.807) is 7.11 Å². The van der Waals surface area contributed by atoms with Gasteiger partial charge in [0.05, 0.1) is 55.8 Å². The van der Waals surface area contributed by atoms with Crippen molar-refractivity contribution in [3.05, 3.63) is 65.9 Å². The Balaban J connectivity index is 1.05. The number of nitrogens with one attached hydrogen (secondary N) is 4. The summed E-state index contributed by atoms with van der Waals surface area (Å²) >= 11 is 0. The number of ether oxygens (including phenoxy) is 4. The van der Waals surface area contributed by atoms with Gasteiger partial charge in [-0.15, -0.1) is 0 Å². The lowest BCUT2D eigenvalue weighted by molar-refractivity contribution is -0.136. The average Bonchev–Trinajstić information content (AvgIpc) is 4.11. The zero-order valence-corrected chi connectivity index (χ0v) is 37.2. The number of H-pyrrole nitrogens is 2. The van der Waals surface area contributed by atoms with E-state index in [9.17, 15) is 19.2 Å². The summed E-state index contributed by atoms with van der Waals surface area (Å²) in [6, 6.07) is 12.5. The Morgan fingerprint density at radius 2 is 1.57 bits per heavy atom. The van der Waals surface area contributed by atoms with E-state index in [2.05, 4.69) is 63.9 Å². The number of aromatic amines is 2. The molecule has 3 unspecified atom stereocenters. The molecular weight excluding hydrogens is 805 g/mol. The van der Waals surface area contributed by atoms with Gasteiger partial charge in [-0.2, -0.15) is 0 Å². The molecule has 16 nitrogen and oxygen atoms in total. The quantitative estimate of drug-likeness (QED) is 0.0992. The topological polar surface area (TPSA) is 193 Å². The van der Waals surface area contributed by atoms with E-state index >= 15 is 0 Å². The van der Waals surface area contributed by atoms with Crippen LogP contribution in [-0.2, 0) is 30.4 Å². The summed E-state index contributed by atoms with van der Waals surface area (Å²) in [7, 11) is 4.25. The number of imidazole rings is 2. The molecule has 63 heavy (non-hydrogen) atoms. The van der Waals surface area contributed by atoms with Crippen LogP contribution in [0.2, 0.25) is 0 Å². The predicted octanol–water partition coefficient (Wildman–Crippen LogP) is 7.26. The molecule has 0 saturated carbocycles. The van der Waals surface area contributed by atoms with Crippen molar-refractivity contribution in [3.8, 4) is 28.1 Å². The van der Waals surface area contributed by atoms with Crippen LogP contribution in [0, 0.1) is 23.7 Å². The number of amides is 4. The summed E-state index contributed by atoms with van der Waals surface area (Å²) in [4.78, 5) is 73.1. The average molecular weight is 863 g/mol. The number of hydrogen-bond donors (Lipinski definition) is 4. The Kier molecular flexibility index (Phi) is 12.4. The van der Waals surface area contributed by atoms with Crippen molar-refractivity contribution in [3.63, 3.8) is 0 Å². The molecule has 0 radical (unpaired) electrons. The second-order valence-corrected chi connectivity index (χ2v) is 17.8. The van der Waals surface area contributed by atoms with E-state index in [0.717, 1.165) is 68.3 Å². The van der Waals surface area contributed by atoms with Crippen molar-refractivity contribution < 1.29 is 38.1 Å². The summed E-state index contributed by atoms with van der Waals surface area (Å²) in [5.74, 6) is 1.93. The number of benzene rings is 3. The third-order valence-electron chi connectivity index (χ3n) is 13.1. The number of alkyl carbamates (subject to hydrolysis) is 2. The van der Waals surface area contributed by atoms with E-state index in [1.165, 1.54) is 14.2 Å². The van der Waals surface area contributed by atoms with E-state index in [4.69, 9.17) is 28.9 Å². The third kappa shape index (κ3) is 8.40. The maximum absolute atomic E-state index is 14.1.